The van der Waals surface area contributed by atoms with Gasteiger partial charge < -0.3 is 9.47 Å². The Balaban J connectivity index is 2.99. The Morgan fingerprint density at radius 3 is 2.64 bits per heavy atom. The minimum Gasteiger partial charge on any atom is -0.486 e. The minimum absolute atomic E-state index is 0.642. The Bertz CT molecular complexity index is 217. The number of aromatic nitrogens is 1. The van der Waals surface area contributed by atoms with Crippen LogP contribution in [-0.4, -0.2) is 18.6 Å². The van der Waals surface area contributed by atoms with E-state index < -0.39 is 0 Å². The summed E-state index contributed by atoms with van der Waals surface area (Å²) in [5, 5.41) is 1.51. The fraction of sp³-hybridized carbons (Fsp3) is 0.500. The molecule has 0 unspecified atom stereocenters. The number of nitrogens with zero attached hydrogens (tertiary/aromatic N) is 1. The van der Waals surface area contributed by atoms with Crippen LogP contribution in [0, 0.1) is 0 Å². The van der Waals surface area contributed by atoms with Gasteiger partial charge in [-0.1, -0.05) is 15.9 Å². The molecular weight excluding hydrogens is 230 g/mol. The monoisotopic (exact) mass is 237 g/mol. The number of methoxy groups -OCH3 is 2. The average Bonchev–Trinajstić information content (AvgIpc) is 2.45. The summed E-state index contributed by atoms with van der Waals surface area (Å²) in [5.41, 5.74) is 0.972. The van der Waals surface area contributed by atoms with Gasteiger partial charge in [0.1, 0.15) is 0 Å². The molecule has 0 saturated heterocycles. The molecule has 0 atom stereocenters. The zero-order valence-corrected chi connectivity index (χ0v) is 8.66. The second-order valence-corrected chi connectivity index (χ2v) is 3.09. The van der Waals surface area contributed by atoms with Crippen molar-refractivity contribution in [3.63, 3.8) is 0 Å². The van der Waals surface area contributed by atoms with E-state index in [0.717, 1.165) is 10.6 Å². The molecule has 0 fully saturated rings. The van der Waals surface area contributed by atoms with Crippen LogP contribution in [-0.2, 0) is 5.33 Å². The van der Waals surface area contributed by atoms with Gasteiger partial charge in [-0.25, -0.2) is 0 Å². The largest absolute Gasteiger partial charge is 0.486 e. The molecule has 0 aliphatic rings. The Morgan fingerprint density at radius 1 is 1.45 bits per heavy atom. The quantitative estimate of drug-likeness (QED) is 0.755. The summed E-state index contributed by atoms with van der Waals surface area (Å²) in [6.45, 7) is 0. The van der Waals surface area contributed by atoms with E-state index in [2.05, 4.69) is 20.3 Å². The van der Waals surface area contributed by atoms with E-state index in [0.29, 0.717) is 11.2 Å². The lowest BCUT2D eigenvalue weighted by atomic mass is 10.4. The van der Waals surface area contributed by atoms with Crippen LogP contribution in [0.1, 0.15) is 5.56 Å². The van der Waals surface area contributed by atoms with Crippen LogP contribution < -0.4 is 9.47 Å². The average molecular weight is 238 g/mol. The molecule has 1 rings (SSSR count). The summed E-state index contributed by atoms with van der Waals surface area (Å²) in [5.74, 6) is 0.642. The van der Waals surface area contributed by atoms with Crippen LogP contribution in [0.15, 0.2) is 0 Å². The molecule has 0 N–H and O–H groups in total. The van der Waals surface area contributed by atoms with Crippen molar-refractivity contribution in [1.82, 2.24) is 4.37 Å². The Labute approximate surface area is 77.6 Å². The molecular formula is C6H8BrNO2S. The highest BCUT2D eigenvalue weighted by atomic mass is 79.9. The zero-order valence-electron chi connectivity index (χ0n) is 6.26. The van der Waals surface area contributed by atoms with E-state index in [1.54, 1.807) is 14.2 Å². The third-order valence-electron chi connectivity index (χ3n) is 1.23. The van der Waals surface area contributed by atoms with Crippen molar-refractivity contribution < 1.29 is 9.47 Å². The van der Waals surface area contributed by atoms with Gasteiger partial charge in [0.05, 0.1) is 19.8 Å². The third kappa shape index (κ3) is 1.65. The first-order valence-electron chi connectivity index (χ1n) is 2.96. The first-order valence-corrected chi connectivity index (χ1v) is 4.85. The van der Waals surface area contributed by atoms with E-state index in [1.165, 1.54) is 11.5 Å². The summed E-state index contributed by atoms with van der Waals surface area (Å²) >= 11 is 4.62. The first kappa shape index (κ1) is 8.80. The van der Waals surface area contributed by atoms with Crippen molar-refractivity contribution >= 4 is 27.5 Å². The summed E-state index contributed by atoms with van der Waals surface area (Å²) < 4.78 is 14.1. The lowest BCUT2D eigenvalue weighted by molar-refractivity contribution is 0.390. The molecule has 1 heterocycles. The van der Waals surface area contributed by atoms with E-state index in [1.807, 2.05) is 0 Å². The van der Waals surface area contributed by atoms with Gasteiger partial charge in [0.2, 0.25) is 10.9 Å². The molecule has 62 valence electrons. The highest BCUT2D eigenvalue weighted by Crippen LogP contribution is 2.33. The van der Waals surface area contributed by atoms with Gasteiger partial charge in [0.25, 0.3) is 0 Å². The van der Waals surface area contributed by atoms with Gasteiger partial charge in [-0.2, -0.15) is 4.37 Å². The topological polar surface area (TPSA) is 31.4 Å². The second kappa shape index (κ2) is 3.92. The number of ether oxygens (including phenoxy) is 2. The highest BCUT2D eigenvalue weighted by molar-refractivity contribution is 9.08. The summed E-state index contributed by atoms with van der Waals surface area (Å²) in [6.07, 6.45) is 0. The van der Waals surface area contributed by atoms with Gasteiger partial charge in [-0.3, -0.25) is 0 Å². The maximum atomic E-state index is 5.06. The minimum atomic E-state index is 0.642. The van der Waals surface area contributed by atoms with Crippen molar-refractivity contribution in [2.75, 3.05) is 14.2 Å². The molecule has 0 aliphatic heterocycles. The van der Waals surface area contributed by atoms with Gasteiger partial charge in [-0.15, -0.1) is 0 Å². The molecule has 11 heavy (non-hydrogen) atoms. The molecule has 3 nitrogen and oxygen atoms in total. The van der Waals surface area contributed by atoms with Crippen LogP contribution in [0.5, 0.6) is 10.9 Å². The first-order chi connectivity index (χ1) is 5.33. The predicted molar refractivity (Wildman–Crippen MR) is 47.8 cm³/mol. The van der Waals surface area contributed by atoms with Crippen molar-refractivity contribution in [3.05, 3.63) is 5.56 Å². The van der Waals surface area contributed by atoms with Gasteiger partial charge in [-0.05, 0) is 0 Å². The van der Waals surface area contributed by atoms with E-state index in [9.17, 15) is 0 Å². The van der Waals surface area contributed by atoms with E-state index >= 15 is 0 Å². The third-order valence-corrected chi connectivity index (χ3v) is 2.63. The maximum Gasteiger partial charge on any atom is 0.232 e. The molecule has 1 aromatic rings. The molecule has 0 radical (unpaired) electrons. The summed E-state index contributed by atoms with van der Waals surface area (Å²) in [6, 6.07) is 0. The number of halogens is 1. The van der Waals surface area contributed by atoms with Crippen LogP contribution in [0.25, 0.3) is 0 Å². The molecule has 0 saturated carbocycles. The Hall–Kier alpha value is -0.290. The molecule has 0 aromatic carbocycles. The van der Waals surface area contributed by atoms with Crippen molar-refractivity contribution in [3.8, 4) is 10.9 Å². The van der Waals surface area contributed by atoms with Gasteiger partial charge in [0.15, 0.2) is 0 Å². The molecule has 5 heteroatoms. The fourth-order valence-electron chi connectivity index (χ4n) is 0.713. The van der Waals surface area contributed by atoms with Crippen molar-refractivity contribution in [1.29, 1.82) is 0 Å². The van der Waals surface area contributed by atoms with E-state index in [4.69, 9.17) is 9.47 Å². The Kier molecular flexibility index (Phi) is 3.14. The fourth-order valence-corrected chi connectivity index (χ4v) is 2.09. The van der Waals surface area contributed by atoms with Crippen LogP contribution in [0.3, 0.4) is 0 Å². The van der Waals surface area contributed by atoms with Crippen LogP contribution in [0.4, 0.5) is 0 Å². The second-order valence-electron chi connectivity index (χ2n) is 1.80. The van der Waals surface area contributed by atoms with Crippen LogP contribution in [0.2, 0.25) is 0 Å². The summed E-state index contributed by atoms with van der Waals surface area (Å²) in [4.78, 5) is 0. The van der Waals surface area contributed by atoms with Crippen molar-refractivity contribution in [2.45, 2.75) is 5.33 Å². The number of alkyl halides is 1. The summed E-state index contributed by atoms with van der Waals surface area (Å²) in [7, 11) is 3.22. The highest BCUT2D eigenvalue weighted by Gasteiger charge is 2.12. The molecule has 1 aromatic heterocycles. The predicted octanol–water partition coefficient (Wildman–Crippen LogP) is 2.06. The van der Waals surface area contributed by atoms with E-state index in [-0.39, 0.29) is 0 Å². The molecule has 0 amide bonds. The maximum absolute atomic E-state index is 5.06. The van der Waals surface area contributed by atoms with Gasteiger partial charge >= 0.3 is 0 Å². The SMILES string of the molecule is COc1nsc(OC)c1CBr. The smallest absolute Gasteiger partial charge is 0.232 e. The Morgan fingerprint density at radius 2 is 2.18 bits per heavy atom. The number of hydrogen-bond acceptors (Lipinski definition) is 4. The molecule has 0 aliphatic carbocycles. The standard InChI is InChI=1S/C6H8BrNO2S/c1-9-5-4(3-7)6(10-2)11-8-5/h3H2,1-2H3. The van der Waals surface area contributed by atoms with Crippen molar-refractivity contribution in [2.24, 2.45) is 0 Å². The normalized spacial score (nSPS) is 9.73. The molecule has 0 bridgehead atoms. The van der Waals surface area contributed by atoms with Gasteiger partial charge in [0, 0.05) is 16.9 Å². The zero-order chi connectivity index (χ0) is 8.27. The number of hydrogen-bond donors (Lipinski definition) is 0. The molecule has 0 spiro atoms. The lowest BCUT2D eigenvalue weighted by Crippen LogP contribution is -1.88. The van der Waals surface area contributed by atoms with Crippen LogP contribution >= 0.6 is 27.5 Å². The number of rotatable bonds is 3. The lowest BCUT2D eigenvalue weighted by Gasteiger charge is -1.98.